The summed E-state index contributed by atoms with van der Waals surface area (Å²) in [5.41, 5.74) is 10.5. The number of anilines is 1. The van der Waals surface area contributed by atoms with Crippen LogP contribution in [0.1, 0.15) is 5.56 Å². The fraction of sp³-hybridized carbons (Fsp3) is 0.455. The largest absolute Gasteiger partial charge is 0.369 e. The fourth-order valence-corrected chi connectivity index (χ4v) is 1.85. The van der Waals surface area contributed by atoms with Crippen LogP contribution < -0.4 is 10.2 Å². The molecule has 17 heavy (non-hydrogen) atoms. The molecule has 6 heteroatoms. The summed E-state index contributed by atoms with van der Waals surface area (Å²) in [5, 5.41) is 6.87. The van der Waals surface area contributed by atoms with Crippen molar-refractivity contribution in [3.05, 3.63) is 40.3 Å². The number of piperazine rings is 1. The van der Waals surface area contributed by atoms with Crippen molar-refractivity contribution in [3.8, 4) is 0 Å². The Morgan fingerprint density at radius 1 is 1.24 bits per heavy atom. The van der Waals surface area contributed by atoms with E-state index >= 15 is 0 Å². The molecule has 1 heterocycles. The lowest BCUT2D eigenvalue weighted by Gasteiger charge is -2.29. The van der Waals surface area contributed by atoms with Crippen LogP contribution in [0.25, 0.3) is 10.4 Å². The van der Waals surface area contributed by atoms with E-state index in [0.29, 0.717) is 6.54 Å². The topological polar surface area (TPSA) is 64.0 Å². The number of hydrogen-bond acceptors (Lipinski definition) is 3. The zero-order valence-electron chi connectivity index (χ0n) is 9.54. The predicted octanol–water partition coefficient (Wildman–Crippen LogP) is 2.33. The van der Waals surface area contributed by atoms with Gasteiger partial charge in [0.15, 0.2) is 0 Å². The Balaban J connectivity index is 0.00000144. The monoisotopic (exact) mass is 253 g/mol. The maximum atomic E-state index is 8.23. The summed E-state index contributed by atoms with van der Waals surface area (Å²) in [7, 11) is 0. The molecule has 1 aliphatic rings. The fourth-order valence-electron chi connectivity index (χ4n) is 1.85. The second-order valence-corrected chi connectivity index (χ2v) is 3.79. The van der Waals surface area contributed by atoms with E-state index in [1.165, 1.54) is 5.69 Å². The molecule has 0 aromatic heterocycles. The Labute approximate surface area is 107 Å². The minimum atomic E-state index is 0. The van der Waals surface area contributed by atoms with Gasteiger partial charge in [-0.05, 0) is 23.2 Å². The summed E-state index contributed by atoms with van der Waals surface area (Å²) in [4.78, 5) is 5.10. The maximum absolute atomic E-state index is 8.23. The van der Waals surface area contributed by atoms with Gasteiger partial charge in [0.2, 0.25) is 0 Å². The van der Waals surface area contributed by atoms with E-state index in [2.05, 4.69) is 32.4 Å². The molecule has 92 valence electrons. The van der Waals surface area contributed by atoms with Crippen molar-refractivity contribution in [1.29, 1.82) is 0 Å². The lowest BCUT2D eigenvalue weighted by molar-refractivity contribution is 0.589. The highest BCUT2D eigenvalue weighted by Gasteiger charge is 2.09. The molecule has 1 aliphatic heterocycles. The van der Waals surface area contributed by atoms with Gasteiger partial charge in [-0.25, -0.2) is 0 Å². The van der Waals surface area contributed by atoms with Gasteiger partial charge < -0.3 is 10.2 Å². The number of azide groups is 1. The Morgan fingerprint density at radius 2 is 1.88 bits per heavy atom. The van der Waals surface area contributed by atoms with Gasteiger partial charge in [-0.3, -0.25) is 0 Å². The van der Waals surface area contributed by atoms with Crippen LogP contribution in [0.4, 0.5) is 5.69 Å². The van der Waals surface area contributed by atoms with E-state index in [1.54, 1.807) is 0 Å². The van der Waals surface area contributed by atoms with Crippen LogP contribution in [0.3, 0.4) is 0 Å². The zero-order valence-corrected chi connectivity index (χ0v) is 10.4. The average molecular weight is 254 g/mol. The minimum Gasteiger partial charge on any atom is -0.369 e. The van der Waals surface area contributed by atoms with Gasteiger partial charge in [0.1, 0.15) is 0 Å². The molecule has 1 N–H and O–H groups in total. The highest BCUT2D eigenvalue weighted by atomic mass is 35.5. The highest BCUT2D eigenvalue weighted by Crippen LogP contribution is 2.16. The van der Waals surface area contributed by atoms with Crippen LogP contribution in [0.2, 0.25) is 0 Å². The lowest BCUT2D eigenvalue weighted by Crippen LogP contribution is -2.43. The molecule has 5 nitrogen and oxygen atoms in total. The average Bonchev–Trinajstić information content (AvgIpc) is 2.38. The van der Waals surface area contributed by atoms with E-state index in [1.807, 2.05) is 12.1 Å². The van der Waals surface area contributed by atoms with Crippen LogP contribution in [0.5, 0.6) is 0 Å². The standard InChI is InChI=1S/C11H15N5.ClH/c12-15-14-9-10-1-3-11(4-2-10)16-7-5-13-6-8-16;/h1-4,13H,5-9H2;1H. The summed E-state index contributed by atoms with van der Waals surface area (Å²) >= 11 is 0. The number of nitrogens with zero attached hydrogens (tertiary/aromatic N) is 4. The van der Waals surface area contributed by atoms with Crippen LogP contribution in [-0.2, 0) is 6.54 Å². The van der Waals surface area contributed by atoms with Gasteiger partial charge in [-0.15, -0.1) is 12.4 Å². The summed E-state index contributed by atoms with van der Waals surface area (Å²) in [6.07, 6.45) is 0. The first-order chi connectivity index (χ1) is 7.90. The smallest absolute Gasteiger partial charge is 0.0510 e. The second-order valence-electron chi connectivity index (χ2n) is 3.79. The Kier molecular flexibility index (Phi) is 5.63. The quantitative estimate of drug-likeness (QED) is 0.510. The first kappa shape index (κ1) is 13.6. The van der Waals surface area contributed by atoms with Gasteiger partial charge in [-0.1, -0.05) is 17.2 Å². The molecule has 0 saturated carbocycles. The third-order valence-corrected chi connectivity index (χ3v) is 2.74. The molecule has 0 unspecified atom stereocenters. The Hall–Kier alpha value is -1.42. The molecule has 1 saturated heterocycles. The highest BCUT2D eigenvalue weighted by molar-refractivity contribution is 5.85. The molecule has 0 radical (unpaired) electrons. The van der Waals surface area contributed by atoms with Gasteiger partial charge in [0, 0.05) is 36.8 Å². The SMILES string of the molecule is Cl.[N-]=[N+]=NCc1ccc(N2CCNCC2)cc1. The van der Waals surface area contributed by atoms with Crippen molar-refractivity contribution in [2.24, 2.45) is 5.11 Å². The summed E-state index contributed by atoms with van der Waals surface area (Å²) in [6.45, 7) is 4.62. The molecule has 1 aromatic carbocycles. The molecule has 2 rings (SSSR count). The predicted molar refractivity (Wildman–Crippen MR) is 71.6 cm³/mol. The van der Waals surface area contributed by atoms with Gasteiger partial charge in [0.25, 0.3) is 0 Å². The van der Waals surface area contributed by atoms with Gasteiger partial charge in [0.05, 0.1) is 6.54 Å². The molecule has 0 aliphatic carbocycles. The molecule has 0 spiro atoms. The van der Waals surface area contributed by atoms with Crippen LogP contribution in [0.15, 0.2) is 29.4 Å². The van der Waals surface area contributed by atoms with E-state index in [9.17, 15) is 0 Å². The van der Waals surface area contributed by atoms with Crippen molar-refractivity contribution in [2.75, 3.05) is 31.1 Å². The third-order valence-electron chi connectivity index (χ3n) is 2.74. The molecular weight excluding hydrogens is 238 g/mol. The molecular formula is C11H16ClN5. The van der Waals surface area contributed by atoms with Crippen molar-refractivity contribution in [2.45, 2.75) is 6.54 Å². The molecule has 1 fully saturated rings. The van der Waals surface area contributed by atoms with E-state index < -0.39 is 0 Å². The van der Waals surface area contributed by atoms with Crippen LogP contribution in [-0.4, -0.2) is 26.2 Å². The first-order valence-electron chi connectivity index (χ1n) is 5.45. The zero-order chi connectivity index (χ0) is 11.2. The number of rotatable bonds is 3. The minimum absolute atomic E-state index is 0. The van der Waals surface area contributed by atoms with Crippen LogP contribution >= 0.6 is 12.4 Å². The van der Waals surface area contributed by atoms with Gasteiger partial charge >= 0.3 is 0 Å². The molecule has 0 bridgehead atoms. The van der Waals surface area contributed by atoms with Crippen molar-refractivity contribution < 1.29 is 0 Å². The first-order valence-corrected chi connectivity index (χ1v) is 5.45. The molecule has 0 amide bonds. The Morgan fingerprint density at radius 3 is 2.47 bits per heavy atom. The number of nitrogens with one attached hydrogen (secondary N) is 1. The second kappa shape index (κ2) is 7.01. The number of benzene rings is 1. The third kappa shape index (κ3) is 3.82. The van der Waals surface area contributed by atoms with E-state index in [0.717, 1.165) is 31.7 Å². The summed E-state index contributed by atoms with van der Waals surface area (Å²) < 4.78 is 0. The van der Waals surface area contributed by atoms with E-state index in [-0.39, 0.29) is 12.4 Å². The van der Waals surface area contributed by atoms with Crippen molar-refractivity contribution in [1.82, 2.24) is 5.32 Å². The number of hydrogen-bond donors (Lipinski definition) is 1. The summed E-state index contributed by atoms with van der Waals surface area (Å²) in [5.74, 6) is 0. The number of halogens is 1. The molecule has 0 atom stereocenters. The van der Waals surface area contributed by atoms with Crippen LogP contribution in [0, 0.1) is 0 Å². The van der Waals surface area contributed by atoms with Crippen molar-refractivity contribution >= 4 is 18.1 Å². The van der Waals surface area contributed by atoms with E-state index in [4.69, 9.17) is 5.53 Å². The van der Waals surface area contributed by atoms with Crippen molar-refractivity contribution in [3.63, 3.8) is 0 Å². The maximum Gasteiger partial charge on any atom is 0.0510 e. The lowest BCUT2D eigenvalue weighted by atomic mass is 10.2. The normalized spacial score (nSPS) is 14.7. The summed E-state index contributed by atoms with van der Waals surface area (Å²) in [6, 6.07) is 8.22. The molecule has 1 aromatic rings. The Bertz CT molecular complexity index is 379. The van der Waals surface area contributed by atoms with Gasteiger partial charge in [-0.2, -0.15) is 0 Å².